The monoisotopic (exact) mass is 311 g/mol. The normalized spacial score (nSPS) is 10.3. The summed E-state index contributed by atoms with van der Waals surface area (Å²) in [6.07, 6.45) is 1.69. The van der Waals surface area contributed by atoms with Gasteiger partial charge in [0, 0.05) is 18.1 Å². The number of benzene rings is 1. The van der Waals surface area contributed by atoms with Crippen molar-refractivity contribution in [1.29, 1.82) is 0 Å². The van der Waals surface area contributed by atoms with E-state index in [1.165, 1.54) is 5.56 Å². The molecule has 0 spiro atoms. The third kappa shape index (κ3) is 3.20. The lowest BCUT2D eigenvalue weighted by Crippen LogP contribution is -1.90. The summed E-state index contributed by atoms with van der Waals surface area (Å²) in [4.78, 5) is 4.14. The van der Waals surface area contributed by atoms with Crippen LogP contribution in [0.1, 0.15) is 11.1 Å². The van der Waals surface area contributed by atoms with Gasteiger partial charge in [-0.3, -0.25) is 0 Å². The maximum atomic E-state index is 5.76. The minimum absolute atomic E-state index is 0.452. The van der Waals surface area contributed by atoms with Gasteiger partial charge < -0.3 is 4.74 Å². The van der Waals surface area contributed by atoms with Gasteiger partial charge in [0.05, 0.1) is 4.47 Å². The summed E-state index contributed by atoms with van der Waals surface area (Å²) in [6.45, 7) is 2.03. The van der Waals surface area contributed by atoms with E-state index in [1.807, 2.05) is 37.3 Å². The van der Waals surface area contributed by atoms with Gasteiger partial charge >= 0.3 is 0 Å². The highest BCUT2D eigenvalue weighted by atomic mass is 79.9. The number of aromatic nitrogens is 1. The van der Waals surface area contributed by atoms with Gasteiger partial charge in [0.1, 0.15) is 5.75 Å². The van der Waals surface area contributed by atoms with Crippen molar-refractivity contribution in [3.05, 3.63) is 52.1 Å². The molecule has 1 heterocycles. The lowest BCUT2D eigenvalue weighted by atomic mass is 10.2. The summed E-state index contributed by atoms with van der Waals surface area (Å²) in [7, 11) is 0. The van der Waals surface area contributed by atoms with E-state index in [4.69, 9.17) is 16.3 Å². The number of halogens is 2. The van der Waals surface area contributed by atoms with Crippen LogP contribution in [0.4, 0.5) is 0 Å². The van der Waals surface area contributed by atoms with Crippen molar-refractivity contribution >= 4 is 27.5 Å². The highest BCUT2D eigenvalue weighted by molar-refractivity contribution is 9.10. The molecule has 0 fully saturated rings. The Morgan fingerprint density at radius 1 is 1.29 bits per heavy atom. The Morgan fingerprint density at radius 3 is 2.82 bits per heavy atom. The molecule has 0 saturated carbocycles. The Labute approximate surface area is 114 Å². The van der Waals surface area contributed by atoms with Crippen LogP contribution in [0.2, 0.25) is 0 Å². The maximum absolute atomic E-state index is 5.76. The van der Waals surface area contributed by atoms with Crippen LogP contribution in [-0.4, -0.2) is 4.98 Å². The molecule has 2 aromatic rings. The number of rotatable bonds is 3. The lowest BCUT2D eigenvalue weighted by Gasteiger charge is -2.08. The van der Waals surface area contributed by atoms with Gasteiger partial charge in [-0.2, -0.15) is 0 Å². The van der Waals surface area contributed by atoms with Crippen molar-refractivity contribution in [2.75, 3.05) is 0 Å². The molecule has 0 atom stereocenters. The van der Waals surface area contributed by atoms with Crippen molar-refractivity contribution in [1.82, 2.24) is 4.98 Å². The van der Waals surface area contributed by atoms with Crippen molar-refractivity contribution in [3.8, 4) is 11.6 Å². The molecule has 0 aliphatic rings. The third-order valence-electron chi connectivity index (χ3n) is 2.26. The van der Waals surface area contributed by atoms with E-state index in [2.05, 4.69) is 20.9 Å². The van der Waals surface area contributed by atoms with Gasteiger partial charge in [0.2, 0.25) is 5.88 Å². The van der Waals surface area contributed by atoms with Gasteiger partial charge in [-0.05, 0) is 52.2 Å². The lowest BCUT2D eigenvalue weighted by molar-refractivity contribution is 0.459. The molecule has 0 radical (unpaired) electrons. The second-order valence-corrected chi connectivity index (χ2v) is 4.79. The summed E-state index contributed by atoms with van der Waals surface area (Å²) >= 11 is 9.22. The average Bonchev–Trinajstić information content (AvgIpc) is 2.33. The molecule has 0 saturated heterocycles. The predicted octanol–water partition coefficient (Wildman–Crippen LogP) is 4.68. The van der Waals surface area contributed by atoms with Crippen molar-refractivity contribution in [3.63, 3.8) is 0 Å². The molecule has 2 rings (SSSR count). The van der Waals surface area contributed by atoms with E-state index < -0.39 is 0 Å². The topological polar surface area (TPSA) is 22.1 Å². The fourth-order valence-corrected chi connectivity index (χ4v) is 2.13. The highest BCUT2D eigenvalue weighted by Gasteiger charge is 2.04. The average molecular weight is 313 g/mol. The van der Waals surface area contributed by atoms with Crippen LogP contribution in [0, 0.1) is 6.92 Å². The molecule has 0 N–H and O–H groups in total. The largest absolute Gasteiger partial charge is 0.438 e. The summed E-state index contributed by atoms with van der Waals surface area (Å²) in [5, 5.41) is 0. The van der Waals surface area contributed by atoms with Crippen LogP contribution in [0.5, 0.6) is 11.6 Å². The number of alkyl halides is 1. The molecule has 88 valence electrons. The number of pyridine rings is 1. The fourth-order valence-electron chi connectivity index (χ4n) is 1.39. The molecule has 0 unspecified atom stereocenters. The summed E-state index contributed by atoms with van der Waals surface area (Å²) in [5.41, 5.74) is 2.16. The summed E-state index contributed by atoms with van der Waals surface area (Å²) in [6, 6.07) is 9.60. The van der Waals surface area contributed by atoms with E-state index in [-0.39, 0.29) is 0 Å². The minimum Gasteiger partial charge on any atom is -0.438 e. The molecular formula is C13H11BrClNO. The Bertz CT molecular complexity index is 531. The van der Waals surface area contributed by atoms with Gasteiger partial charge in [0.25, 0.3) is 0 Å². The van der Waals surface area contributed by atoms with E-state index in [0.29, 0.717) is 11.8 Å². The molecule has 4 heteroatoms. The zero-order valence-corrected chi connectivity index (χ0v) is 11.6. The third-order valence-corrected chi connectivity index (χ3v) is 3.18. The van der Waals surface area contributed by atoms with Crippen LogP contribution in [0.3, 0.4) is 0 Å². The first-order valence-corrected chi connectivity index (χ1v) is 6.46. The van der Waals surface area contributed by atoms with Crippen molar-refractivity contribution in [2.45, 2.75) is 12.8 Å². The first-order valence-electron chi connectivity index (χ1n) is 5.14. The number of hydrogen-bond donors (Lipinski definition) is 0. The standard InChI is InChI=1S/C13H11BrClNO/c1-9-2-3-12(11(14)6-9)17-13-7-10(8-15)4-5-16-13/h2-7H,8H2,1H3. The maximum Gasteiger partial charge on any atom is 0.219 e. The Kier molecular flexibility index (Phi) is 4.02. The molecule has 0 bridgehead atoms. The molecular weight excluding hydrogens is 302 g/mol. The SMILES string of the molecule is Cc1ccc(Oc2cc(CCl)ccn2)c(Br)c1. The van der Waals surface area contributed by atoms with Crippen molar-refractivity contribution in [2.24, 2.45) is 0 Å². The first kappa shape index (κ1) is 12.4. The molecule has 0 aliphatic heterocycles. The number of aryl methyl sites for hydroxylation is 1. The van der Waals surface area contributed by atoms with Crippen LogP contribution < -0.4 is 4.74 Å². The van der Waals surface area contributed by atoms with Gasteiger partial charge in [-0.15, -0.1) is 11.6 Å². The van der Waals surface area contributed by atoms with Gasteiger partial charge in [-0.1, -0.05) is 6.07 Å². The molecule has 2 nitrogen and oxygen atoms in total. The quantitative estimate of drug-likeness (QED) is 0.767. The second-order valence-electron chi connectivity index (χ2n) is 3.67. The zero-order chi connectivity index (χ0) is 12.3. The van der Waals surface area contributed by atoms with Gasteiger partial charge in [-0.25, -0.2) is 4.98 Å². The predicted molar refractivity (Wildman–Crippen MR) is 72.7 cm³/mol. The molecule has 0 aliphatic carbocycles. The Morgan fingerprint density at radius 2 is 2.12 bits per heavy atom. The van der Waals surface area contributed by atoms with Gasteiger partial charge in [0.15, 0.2) is 0 Å². The summed E-state index contributed by atoms with van der Waals surface area (Å²) < 4.78 is 6.60. The van der Waals surface area contributed by atoms with Crippen LogP contribution in [0.25, 0.3) is 0 Å². The minimum atomic E-state index is 0.452. The molecule has 1 aromatic carbocycles. The highest BCUT2D eigenvalue weighted by Crippen LogP contribution is 2.29. The molecule has 17 heavy (non-hydrogen) atoms. The summed E-state index contributed by atoms with van der Waals surface area (Å²) in [5.74, 6) is 1.75. The van der Waals surface area contributed by atoms with Crippen LogP contribution >= 0.6 is 27.5 Å². The van der Waals surface area contributed by atoms with Crippen LogP contribution in [0.15, 0.2) is 41.0 Å². The Hall–Kier alpha value is -1.06. The van der Waals surface area contributed by atoms with Crippen LogP contribution in [-0.2, 0) is 5.88 Å². The van der Waals surface area contributed by atoms with E-state index >= 15 is 0 Å². The zero-order valence-electron chi connectivity index (χ0n) is 9.28. The van der Waals surface area contributed by atoms with Crippen molar-refractivity contribution < 1.29 is 4.74 Å². The first-order chi connectivity index (χ1) is 8.19. The number of nitrogens with zero attached hydrogens (tertiary/aromatic N) is 1. The van der Waals surface area contributed by atoms with E-state index in [9.17, 15) is 0 Å². The number of ether oxygens (including phenoxy) is 1. The smallest absolute Gasteiger partial charge is 0.219 e. The number of hydrogen-bond acceptors (Lipinski definition) is 2. The fraction of sp³-hybridized carbons (Fsp3) is 0.154. The van der Waals surface area contributed by atoms with E-state index in [0.717, 1.165) is 15.8 Å². The molecule has 0 amide bonds. The molecule has 1 aromatic heterocycles. The second kappa shape index (κ2) is 5.52. The Balaban J connectivity index is 2.25. The van der Waals surface area contributed by atoms with E-state index in [1.54, 1.807) is 6.20 Å².